The summed E-state index contributed by atoms with van der Waals surface area (Å²) in [7, 11) is 1.53. The summed E-state index contributed by atoms with van der Waals surface area (Å²) in [5, 5.41) is 21.9. The van der Waals surface area contributed by atoms with Crippen LogP contribution in [0.1, 0.15) is 26.3 Å². The van der Waals surface area contributed by atoms with E-state index in [0.29, 0.717) is 23.1 Å². The molecule has 0 spiro atoms. The molecule has 0 saturated heterocycles. The van der Waals surface area contributed by atoms with Gasteiger partial charge in [0, 0.05) is 12.1 Å². The second kappa shape index (κ2) is 7.84. The molecule has 120 valence electrons. The Hall–Kier alpha value is -1.01. The maximum atomic E-state index is 9.33. The Morgan fingerprint density at radius 2 is 2.00 bits per heavy atom. The van der Waals surface area contributed by atoms with Crippen LogP contribution in [0.3, 0.4) is 0 Å². The SMILES string of the molecule is COc1cc(CNC(C)(C)C)cc(Cl)c1OCC(O)CO. The Morgan fingerprint density at radius 1 is 1.33 bits per heavy atom. The van der Waals surface area contributed by atoms with Crippen molar-refractivity contribution in [1.29, 1.82) is 0 Å². The van der Waals surface area contributed by atoms with Gasteiger partial charge in [-0.2, -0.15) is 0 Å². The van der Waals surface area contributed by atoms with Gasteiger partial charge in [-0.3, -0.25) is 0 Å². The second-order valence-electron chi connectivity index (χ2n) is 5.86. The molecule has 1 unspecified atom stereocenters. The van der Waals surface area contributed by atoms with E-state index in [1.165, 1.54) is 7.11 Å². The summed E-state index contributed by atoms with van der Waals surface area (Å²) in [5.41, 5.74) is 0.974. The summed E-state index contributed by atoms with van der Waals surface area (Å²) in [6.07, 6.45) is -0.951. The molecule has 0 fully saturated rings. The highest BCUT2D eigenvalue weighted by Crippen LogP contribution is 2.36. The summed E-state index contributed by atoms with van der Waals surface area (Å²) >= 11 is 6.21. The minimum Gasteiger partial charge on any atom is -0.493 e. The molecule has 0 bridgehead atoms. The normalized spacial score (nSPS) is 13.1. The molecule has 0 aliphatic rings. The predicted molar refractivity (Wildman–Crippen MR) is 83.2 cm³/mol. The molecular formula is C15H24ClNO4. The molecule has 0 amide bonds. The Bertz CT molecular complexity index is 460. The Kier molecular flexibility index (Phi) is 6.74. The number of benzene rings is 1. The summed E-state index contributed by atoms with van der Waals surface area (Å²) in [6.45, 7) is 6.48. The lowest BCUT2D eigenvalue weighted by Crippen LogP contribution is -2.35. The summed E-state index contributed by atoms with van der Waals surface area (Å²) in [5.74, 6) is 0.865. The summed E-state index contributed by atoms with van der Waals surface area (Å²) < 4.78 is 10.7. The average Bonchev–Trinajstić information content (AvgIpc) is 2.42. The molecule has 21 heavy (non-hydrogen) atoms. The van der Waals surface area contributed by atoms with Crippen LogP contribution in [-0.4, -0.2) is 42.2 Å². The number of halogens is 1. The molecular weight excluding hydrogens is 294 g/mol. The van der Waals surface area contributed by atoms with E-state index in [-0.39, 0.29) is 18.8 Å². The zero-order valence-corrected chi connectivity index (χ0v) is 13.7. The van der Waals surface area contributed by atoms with Gasteiger partial charge in [0.1, 0.15) is 12.7 Å². The van der Waals surface area contributed by atoms with E-state index in [9.17, 15) is 5.11 Å². The second-order valence-corrected chi connectivity index (χ2v) is 6.27. The lowest BCUT2D eigenvalue weighted by atomic mass is 10.1. The molecule has 0 aliphatic heterocycles. The molecule has 1 atom stereocenters. The van der Waals surface area contributed by atoms with Crippen molar-refractivity contribution in [3.8, 4) is 11.5 Å². The summed E-state index contributed by atoms with van der Waals surface area (Å²) in [6, 6.07) is 3.63. The van der Waals surface area contributed by atoms with Crippen molar-refractivity contribution >= 4 is 11.6 Å². The van der Waals surface area contributed by atoms with E-state index < -0.39 is 6.10 Å². The number of rotatable bonds is 7. The smallest absolute Gasteiger partial charge is 0.179 e. The fourth-order valence-electron chi connectivity index (χ4n) is 1.61. The van der Waals surface area contributed by atoms with Crippen LogP contribution in [0.4, 0.5) is 0 Å². The van der Waals surface area contributed by atoms with E-state index in [2.05, 4.69) is 26.1 Å². The third-order valence-corrected chi connectivity index (χ3v) is 3.02. The molecule has 0 heterocycles. The lowest BCUT2D eigenvalue weighted by Gasteiger charge is -2.21. The van der Waals surface area contributed by atoms with Crippen molar-refractivity contribution in [3.63, 3.8) is 0 Å². The van der Waals surface area contributed by atoms with Gasteiger partial charge in [0.05, 0.1) is 18.7 Å². The van der Waals surface area contributed by atoms with Gasteiger partial charge in [-0.05, 0) is 38.5 Å². The predicted octanol–water partition coefficient (Wildman–Crippen LogP) is 1.97. The number of aliphatic hydroxyl groups excluding tert-OH is 2. The van der Waals surface area contributed by atoms with Crippen LogP contribution < -0.4 is 14.8 Å². The van der Waals surface area contributed by atoms with E-state index in [0.717, 1.165) is 5.56 Å². The van der Waals surface area contributed by atoms with Gasteiger partial charge in [0.25, 0.3) is 0 Å². The topological polar surface area (TPSA) is 71.0 Å². The Balaban J connectivity index is 2.86. The molecule has 0 radical (unpaired) electrons. The highest BCUT2D eigenvalue weighted by Gasteiger charge is 2.15. The molecule has 1 aromatic rings. The number of hydrogen-bond acceptors (Lipinski definition) is 5. The number of ether oxygens (including phenoxy) is 2. The molecule has 0 saturated carbocycles. The average molecular weight is 318 g/mol. The standard InChI is InChI=1S/C15H24ClNO4/c1-15(2,3)17-7-10-5-12(16)14(13(6-10)20-4)21-9-11(19)8-18/h5-6,11,17-19H,7-9H2,1-4H3. The van der Waals surface area contributed by atoms with Crippen molar-refractivity contribution < 1.29 is 19.7 Å². The van der Waals surface area contributed by atoms with Crippen molar-refractivity contribution in [3.05, 3.63) is 22.7 Å². The number of nitrogens with one attached hydrogen (secondary N) is 1. The van der Waals surface area contributed by atoms with E-state index in [1.807, 2.05) is 6.07 Å². The van der Waals surface area contributed by atoms with Crippen molar-refractivity contribution in [2.24, 2.45) is 0 Å². The molecule has 3 N–H and O–H groups in total. The first-order valence-electron chi connectivity index (χ1n) is 6.80. The van der Waals surface area contributed by atoms with Crippen LogP contribution in [0.25, 0.3) is 0 Å². The van der Waals surface area contributed by atoms with Gasteiger partial charge in [-0.25, -0.2) is 0 Å². The molecule has 0 aromatic heterocycles. The van der Waals surface area contributed by atoms with Crippen LogP contribution in [0.5, 0.6) is 11.5 Å². The molecule has 6 heteroatoms. The van der Waals surface area contributed by atoms with E-state index >= 15 is 0 Å². The maximum Gasteiger partial charge on any atom is 0.179 e. The Morgan fingerprint density at radius 3 is 2.52 bits per heavy atom. The molecule has 1 aromatic carbocycles. The van der Waals surface area contributed by atoms with Gasteiger partial charge in [0.15, 0.2) is 11.5 Å². The first-order valence-corrected chi connectivity index (χ1v) is 7.17. The van der Waals surface area contributed by atoms with Gasteiger partial charge in [0.2, 0.25) is 0 Å². The van der Waals surface area contributed by atoms with Crippen LogP contribution in [0.15, 0.2) is 12.1 Å². The number of hydrogen-bond donors (Lipinski definition) is 3. The molecule has 1 rings (SSSR count). The monoisotopic (exact) mass is 317 g/mol. The van der Waals surface area contributed by atoms with Crippen LogP contribution >= 0.6 is 11.6 Å². The minimum atomic E-state index is -0.951. The first-order chi connectivity index (χ1) is 9.76. The van der Waals surface area contributed by atoms with Crippen molar-refractivity contribution in [1.82, 2.24) is 5.32 Å². The number of aliphatic hydroxyl groups is 2. The van der Waals surface area contributed by atoms with Gasteiger partial charge >= 0.3 is 0 Å². The van der Waals surface area contributed by atoms with Crippen LogP contribution in [0, 0.1) is 0 Å². The zero-order valence-electron chi connectivity index (χ0n) is 12.9. The quantitative estimate of drug-likeness (QED) is 0.717. The first kappa shape index (κ1) is 18.0. The Labute approximate surface area is 130 Å². The number of methoxy groups -OCH3 is 1. The zero-order chi connectivity index (χ0) is 16.0. The van der Waals surface area contributed by atoms with Crippen LogP contribution in [-0.2, 0) is 6.54 Å². The van der Waals surface area contributed by atoms with Gasteiger partial charge in [-0.15, -0.1) is 0 Å². The highest BCUT2D eigenvalue weighted by molar-refractivity contribution is 6.32. The summed E-state index contributed by atoms with van der Waals surface area (Å²) in [4.78, 5) is 0. The minimum absolute atomic E-state index is 0.000117. The third-order valence-electron chi connectivity index (χ3n) is 2.74. The fraction of sp³-hybridized carbons (Fsp3) is 0.600. The lowest BCUT2D eigenvalue weighted by molar-refractivity contribution is 0.0527. The fourth-order valence-corrected chi connectivity index (χ4v) is 1.90. The maximum absolute atomic E-state index is 9.33. The largest absolute Gasteiger partial charge is 0.493 e. The molecule has 5 nitrogen and oxygen atoms in total. The van der Waals surface area contributed by atoms with Gasteiger partial charge in [-0.1, -0.05) is 11.6 Å². The van der Waals surface area contributed by atoms with Crippen LogP contribution in [0.2, 0.25) is 5.02 Å². The highest BCUT2D eigenvalue weighted by atomic mass is 35.5. The van der Waals surface area contributed by atoms with Crippen molar-refractivity contribution in [2.75, 3.05) is 20.3 Å². The third kappa shape index (κ3) is 6.09. The van der Waals surface area contributed by atoms with E-state index in [4.69, 9.17) is 26.2 Å². The van der Waals surface area contributed by atoms with Crippen molar-refractivity contribution in [2.45, 2.75) is 39.0 Å². The van der Waals surface area contributed by atoms with E-state index in [1.54, 1.807) is 6.07 Å². The van der Waals surface area contributed by atoms with Gasteiger partial charge < -0.3 is 25.0 Å². The molecule has 0 aliphatic carbocycles.